The normalized spacial score (nSPS) is 13.0. The molecule has 2 N–H and O–H groups in total. The molecule has 0 spiro atoms. The number of carbonyl (C=O) groups is 1. The summed E-state index contributed by atoms with van der Waals surface area (Å²) >= 11 is 0. The van der Waals surface area contributed by atoms with Gasteiger partial charge in [0, 0.05) is 17.4 Å². The fraction of sp³-hybridized carbons (Fsp3) is 0.208. The van der Waals surface area contributed by atoms with Crippen molar-refractivity contribution in [2.45, 2.75) is 11.8 Å². The molecule has 0 saturated carbocycles. The molecule has 3 aromatic rings. The quantitative estimate of drug-likeness (QED) is 0.419. The minimum absolute atomic E-state index is 0.0821. The Hall–Kier alpha value is -3.84. The average molecular weight is 550 g/mol. The van der Waals surface area contributed by atoms with Crippen LogP contribution in [0, 0.1) is 5.82 Å². The first kappa shape index (κ1) is 26.2. The van der Waals surface area contributed by atoms with Gasteiger partial charge >= 0.3 is 0 Å². The van der Waals surface area contributed by atoms with Gasteiger partial charge in [-0.3, -0.25) is 13.8 Å². The van der Waals surface area contributed by atoms with Gasteiger partial charge < -0.3 is 14.8 Å². The number of amides is 1. The summed E-state index contributed by atoms with van der Waals surface area (Å²) in [6, 6.07) is 14.8. The number of rotatable bonds is 9. The Bertz CT molecular complexity index is 1490. The molecule has 13 heteroatoms. The number of fused-ring (bicyclic) bond motifs is 1. The maximum absolute atomic E-state index is 13.1. The molecule has 0 aromatic heterocycles. The summed E-state index contributed by atoms with van der Waals surface area (Å²) in [5.74, 6) is -0.499. The standard InChI is InChI=1S/C24H24FN3O7S2/c1-2-36(30,31)28(20-9-12-22-23(15-20)35-14-13-34-22)16-24(29)26-18-7-10-21(11-8-18)37(32,33)27-19-5-3-17(25)4-6-19/h3-12,15,27H,2,13-14,16H2,1H3,(H,26,29). The molecular formula is C24H24FN3O7S2. The van der Waals surface area contributed by atoms with Gasteiger partial charge in [-0.1, -0.05) is 0 Å². The van der Waals surface area contributed by atoms with Crippen LogP contribution >= 0.6 is 0 Å². The summed E-state index contributed by atoms with van der Waals surface area (Å²) in [4.78, 5) is 12.7. The van der Waals surface area contributed by atoms with Crippen molar-refractivity contribution >= 4 is 43.0 Å². The van der Waals surface area contributed by atoms with Crippen LogP contribution in [0.25, 0.3) is 0 Å². The number of anilines is 3. The summed E-state index contributed by atoms with van der Waals surface area (Å²) in [6.07, 6.45) is 0. The molecule has 1 aliphatic heterocycles. The third kappa shape index (κ3) is 6.30. The second-order valence-corrected chi connectivity index (χ2v) is 11.8. The average Bonchev–Trinajstić information content (AvgIpc) is 2.88. The number of hydrogen-bond donors (Lipinski definition) is 2. The molecule has 3 aromatic carbocycles. The maximum atomic E-state index is 13.1. The number of sulfonamides is 2. The van der Waals surface area contributed by atoms with Crippen molar-refractivity contribution < 1.29 is 35.5 Å². The van der Waals surface area contributed by atoms with Gasteiger partial charge in [0.2, 0.25) is 15.9 Å². The lowest BCUT2D eigenvalue weighted by atomic mass is 10.2. The first-order valence-electron chi connectivity index (χ1n) is 11.2. The highest BCUT2D eigenvalue weighted by Crippen LogP contribution is 2.35. The molecule has 0 fully saturated rings. The predicted octanol–water partition coefficient (Wildman–Crippen LogP) is 3.19. The van der Waals surface area contributed by atoms with Crippen molar-refractivity contribution in [2.75, 3.05) is 39.9 Å². The van der Waals surface area contributed by atoms with Crippen LogP contribution in [0.15, 0.2) is 71.6 Å². The van der Waals surface area contributed by atoms with Crippen LogP contribution in [0.5, 0.6) is 11.5 Å². The third-order valence-corrected chi connectivity index (χ3v) is 8.48. The van der Waals surface area contributed by atoms with Gasteiger partial charge in [0.25, 0.3) is 10.0 Å². The zero-order chi connectivity index (χ0) is 26.6. The molecule has 0 unspecified atom stereocenters. The summed E-state index contributed by atoms with van der Waals surface area (Å²) in [5.41, 5.74) is 0.700. The highest BCUT2D eigenvalue weighted by molar-refractivity contribution is 7.93. The van der Waals surface area contributed by atoms with Gasteiger partial charge in [-0.2, -0.15) is 0 Å². The van der Waals surface area contributed by atoms with E-state index in [1.54, 1.807) is 6.07 Å². The first-order valence-corrected chi connectivity index (χ1v) is 14.2. The number of halogens is 1. The van der Waals surface area contributed by atoms with E-state index in [-0.39, 0.29) is 27.7 Å². The van der Waals surface area contributed by atoms with E-state index in [4.69, 9.17) is 9.47 Å². The number of ether oxygens (including phenoxy) is 2. The lowest BCUT2D eigenvalue weighted by molar-refractivity contribution is -0.114. The van der Waals surface area contributed by atoms with Crippen LogP contribution in [0.2, 0.25) is 0 Å². The maximum Gasteiger partial charge on any atom is 0.261 e. The SMILES string of the molecule is CCS(=O)(=O)N(CC(=O)Nc1ccc(S(=O)(=O)Nc2ccc(F)cc2)cc1)c1ccc2c(c1)OCCO2. The highest BCUT2D eigenvalue weighted by Gasteiger charge is 2.25. The fourth-order valence-corrected chi connectivity index (χ4v) is 5.59. The van der Waals surface area contributed by atoms with Gasteiger partial charge in [0.1, 0.15) is 25.6 Å². The number of benzene rings is 3. The van der Waals surface area contributed by atoms with Crippen molar-refractivity contribution in [3.63, 3.8) is 0 Å². The summed E-state index contributed by atoms with van der Waals surface area (Å²) in [7, 11) is -7.77. The van der Waals surface area contributed by atoms with Gasteiger partial charge in [-0.25, -0.2) is 21.2 Å². The third-order valence-electron chi connectivity index (χ3n) is 5.35. The summed E-state index contributed by atoms with van der Waals surface area (Å²) in [5, 5.41) is 2.58. The Morgan fingerprint density at radius 2 is 1.51 bits per heavy atom. The zero-order valence-corrected chi connectivity index (χ0v) is 21.3. The van der Waals surface area contributed by atoms with Gasteiger partial charge in [0.15, 0.2) is 11.5 Å². The van der Waals surface area contributed by atoms with Crippen LogP contribution in [0.3, 0.4) is 0 Å². The van der Waals surface area contributed by atoms with E-state index in [0.29, 0.717) is 24.7 Å². The molecule has 0 radical (unpaired) electrons. The van der Waals surface area contributed by atoms with E-state index in [2.05, 4.69) is 10.0 Å². The molecule has 1 heterocycles. The van der Waals surface area contributed by atoms with Crippen LogP contribution < -0.4 is 23.8 Å². The van der Waals surface area contributed by atoms with Crippen molar-refractivity contribution in [2.24, 2.45) is 0 Å². The lowest BCUT2D eigenvalue weighted by Gasteiger charge is -2.25. The molecule has 37 heavy (non-hydrogen) atoms. The molecule has 0 bridgehead atoms. The van der Waals surface area contributed by atoms with Crippen LogP contribution in [-0.4, -0.2) is 48.3 Å². The second kappa shape index (κ2) is 10.6. The molecule has 1 aliphatic rings. The minimum Gasteiger partial charge on any atom is -0.486 e. The largest absolute Gasteiger partial charge is 0.486 e. The van der Waals surface area contributed by atoms with Crippen molar-refractivity contribution in [1.82, 2.24) is 0 Å². The van der Waals surface area contributed by atoms with Crippen LogP contribution in [0.1, 0.15) is 6.92 Å². The Labute approximate surface area is 214 Å². The predicted molar refractivity (Wildman–Crippen MR) is 137 cm³/mol. The molecule has 196 valence electrons. The van der Waals surface area contributed by atoms with E-state index in [1.165, 1.54) is 55.5 Å². The fourth-order valence-electron chi connectivity index (χ4n) is 3.47. The first-order chi connectivity index (χ1) is 17.6. The van der Waals surface area contributed by atoms with Gasteiger partial charge in [-0.15, -0.1) is 0 Å². The zero-order valence-electron chi connectivity index (χ0n) is 19.7. The summed E-state index contributed by atoms with van der Waals surface area (Å²) in [6.45, 7) is 1.66. The molecule has 10 nitrogen and oxygen atoms in total. The molecule has 0 aliphatic carbocycles. The van der Waals surface area contributed by atoms with E-state index < -0.39 is 38.3 Å². The molecule has 0 atom stereocenters. The van der Waals surface area contributed by atoms with E-state index in [0.717, 1.165) is 16.4 Å². The topological polar surface area (TPSA) is 131 Å². The monoisotopic (exact) mass is 549 g/mol. The Kier molecular flexibility index (Phi) is 7.55. The Balaban J connectivity index is 1.47. The Morgan fingerprint density at radius 3 is 2.16 bits per heavy atom. The number of nitrogens with zero attached hydrogens (tertiary/aromatic N) is 1. The molecular weight excluding hydrogens is 525 g/mol. The number of nitrogens with one attached hydrogen (secondary N) is 2. The van der Waals surface area contributed by atoms with Crippen molar-refractivity contribution in [3.8, 4) is 11.5 Å². The van der Waals surface area contributed by atoms with E-state index in [1.807, 2.05) is 0 Å². The van der Waals surface area contributed by atoms with Crippen LogP contribution in [0.4, 0.5) is 21.5 Å². The number of carbonyl (C=O) groups excluding carboxylic acids is 1. The summed E-state index contributed by atoms with van der Waals surface area (Å²) < 4.78 is 78.1. The smallest absolute Gasteiger partial charge is 0.261 e. The Morgan fingerprint density at radius 1 is 0.892 bits per heavy atom. The molecule has 0 saturated heterocycles. The highest BCUT2D eigenvalue weighted by atomic mass is 32.2. The van der Waals surface area contributed by atoms with E-state index in [9.17, 15) is 26.0 Å². The minimum atomic E-state index is -3.95. The molecule has 4 rings (SSSR count). The van der Waals surface area contributed by atoms with Gasteiger partial charge in [0.05, 0.1) is 16.3 Å². The van der Waals surface area contributed by atoms with Crippen molar-refractivity contribution in [3.05, 3.63) is 72.5 Å². The second-order valence-electron chi connectivity index (χ2n) is 7.92. The van der Waals surface area contributed by atoms with Crippen LogP contribution in [-0.2, 0) is 24.8 Å². The lowest BCUT2D eigenvalue weighted by Crippen LogP contribution is -2.39. The van der Waals surface area contributed by atoms with E-state index >= 15 is 0 Å². The van der Waals surface area contributed by atoms with Crippen molar-refractivity contribution in [1.29, 1.82) is 0 Å². The number of hydrogen-bond acceptors (Lipinski definition) is 7. The van der Waals surface area contributed by atoms with Gasteiger partial charge in [-0.05, 0) is 67.6 Å². The molecule has 1 amide bonds.